The molecule has 0 fully saturated rings. The molecule has 16 heavy (non-hydrogen) atoms. The zero-order chi connectivity index (χ0) is 12.1. The molecular formula is C11H17N3O2. The minimum atomic E-state index is -0.799. The third-order valence-corrected chi connectivity index (χ3v) is 2.47. The van der Waals surface area contributed by atoms with Crippen molar-refractivity contribution < 1.29 is 9.90 Å². The van der Waals surface area contributed by atoms with E-state index in [9.17, 15) is 4.79 Å². The van der Waals surface area contributed by atoms with E-state index in [2.05, 4.69) is 9.97 Å². The minimum Gasteiger partial charge on any atom is -0.481 e. The number of aryl methyl sites for hydroxylation is 1. The summed E-state index contributed by atoms with van der Waals surface area (Å²) in [5.74, 6) is -0.0359. The van der Waals surface area contributed by atoms with Gasteiger partial charge in [0.25, 0.3) is 0 Å². The Morgan fingerprint density at radius 2 is 2.12 bits per heavy atom. The van der Waals surface area contributed by atoms with Gasteiger partial charge in [-0.25, -0.2) is 4.98 Å². The molecule has 0 aliphatic carbocycles. The summed E-state index contributed by atoms with van der Waals surface area (Å²) in [6.07, 6.45) is 3.36. The lowest BCUT2D eigenvalue weighted by atomic mass is 10.2. The molecular weight excluding hydrogens is 206 g/mol. The number of carboxylic acids is 1. The highest BCUT2D eigenvalue weighted by Gasteiger charge is 2.18. The molecule has 0 aliphatic rings. The molecule has 0 aromatic carbocycles. The van der Waals surface area contributed by atoms with Crippen LogP contribution in [-0.2, 0) is 4.79 Å². The number of rotatable bonds is 5. The van der Waals surface area contributed by atoms with Gasteiger partial charge in [0.05, 0.1) is 12.1 Å². The van der Waals surface area contributed by atoms with Crippen molar-refractivity contribution in [1.29, 1.82) is 0 Å². The van der Waals surface area contributed by atoms with Crippen LogP contribution in [0.25, 0.3) is 0 Å². The lowest BCUT2D eigenvalue weighted by Gasteiger charge is -2.28. The van der Waals surface area contributed by atoms with Crippen molar-refractivity contribution in [2.45, 2.75) is 33.2 Å². The fraction of sp³-hybridized carbons (Fsp3) is 0.545. The van der Waals surface area contributed by atoms with Crippen LogP contribution < -0.4 is 4.90 Å². The van der Waals surface area contributed by atoms with Crippen molar-refractivity contribution in [3.8, 4) is 0 Å². The van der Waals surface area contributed by atoms with Crippen LogP contribution >= 0.6 is 0 Å². The Hall–Kier alpha value is -1.65. The van der Waals surface area contributed by atoms with Crippen LogP contribution in [0.1, 0.15) is 26.0 Å². The average Bonchev–Trinajstić information content (AvgIpc) is 2.20. The largest absolute Gasteiger partial charge is 0.481 e. The normalized spacial score (nSPS) is 12.2. The summed E-state index contributed by atoms with van der Waals surface area (Å²) >= 11 is 0. The Balaban J connectivity index is 2.90. The Morgan fingerprint density at radius 3 is 2.62 bits per heavy atom. The summed E-state index contributed by atoms with van der Waals surface area (Å²) in [4.78, 5) is 21.0. The molecule has 1 unspecified atom stereocenters. The van der Waals surface area contributed by atoms with Gasteiger partial charge < -0.3 is 10.0 Å². The Kier molecular flexibility index (Phi) is 4.22. The quantitative estimate of drug-likeness (QED) is 0.818. The summed E-state index contributed by atoms with van der Waals surface area (Å²) in [7, 11) is 0. The van der Waals surface area contributed by atoms with Crippen LogP contribution in [0.4, 0.5) is 5.82 Å². The minimum absolute atomic E-state index is 0.0853. The van der Waals surface area contributed by atoms with Crippen LogP contribution in [0.2, 0.25) is 0 Å². The van der Waals surface area contributed by atoms with Crippen LogP contribution in [0.3, 0.4) is 0 Å². The Labute approximate surface area is 95.1 Å². The second-order valence-electron chi connectivity index (χ2n) is 3.70. The molecule has 0 spiro atoms. The van der Waals surface area contributed by atoms with E-state index in [1.165, 1.54) is 0 Å². The number of carboxylic acid groups (broad SMARTS) is 1. The first-order chi connectivity index (χ1) is 7.56. The van der Waals surface area contributed by atoms with E-state index < -0.39 is 5.97 Å². The number of nitrogens with zero attached hydrogens (tertiary/aromatic N) is 3. The molecule has 0 saturated carbocycles. The molecule has 0 aliphatic heterocycles. The van der Waals surface area contributed by atoms with E-state index in [1.54, 1.807) is 12.4 Å². The predicted molar refractivity (Wildman–Crippen MR) is 61.5 cm³/mol. The van der Waals surface area contributed by atoms with Crippen molar-refractivity contribution in [1.82, 2.24) is 9.97 Å². The van der Waals surface area contributed by atoms with Crippen molar-refractivity contribution in [2.24, 2.45) is 0 Å². The molecule has 1 aromatic heterocycles. The lowest BCUT2D eigenvalue weighted by Crippen LogP contribution is -2.35. The molecule has 0 amide bonds. The molecule has 1 atom stereocenters. The fourth-order valence-electron chi connectivity index (χ4n) is 1.72. The van der Waals surface area contributed by atoms with Crippen molar-refractivity contribution in [2.75, 3.05) is 11.4 Å². The van der Waals surface area contributed by atoms with Gasteiger partial charge in [-0.05, 0) is 20.8 Å². The number of carbonyl (C=O) groups is 1. The van der Waals surface area contributed by atoms with Gasteiger partial charge in [0, 0.05) is 25.0 Å². The molecule has 1 rings (SSSR count). The van der Waals surface area contributed by atoms with Crippen molar-refractivity contribution >= 4 is 11.8 Å². The summed E-state index contributed by atoms with van der Waals surface area (Å²) in [6, 6.07) is -0.0853. The number of aliphatic carboxylic acids is 1. The van der Waals surface area contributed by atoms with Gasteiger partial charge in [0.2, 0.25) is 0 Å². The molecule has 1 N–H and O–H groups in total. The molecule has 1 aromatic rings. The first-order valence-corrected chi connectivity index (χ1v) is 5.32. The summed E-state index contributed by atoms with van der Waals surface area (Å²) in [5, 5.41) is 8.78. The molecule has 5 heteroatoms. The van der Waals surface area contributed by atoms with Gasteiger partial charge in [-0.3, -0.25) is 9.78 Å². The van der Waals surface area contributed by atoms with Crippen LogP contribution in [0, 0.1) is 6.92 Å². The van der Waals surface area contributed by atoms with Gasteiger partial charge in [0.15, 0.2) is 0 Å². The summed E-state index contributed by atoms with van der Waals surface area (Å²) in [6.45, 7) is 6.45. The van der Waals surface area contributed by atoms with Gasteiger partial charge in [0.1, 0.15) is 5.82 Å². The van der Waals surface area contributed by atoms with Crippen molar-refractivity contribution in [3.05, 3.63) is 18.1 Å². The van der Waals surface area contributed by atoms with E-state index >= 15 is 0 Å². The second-order valence-corrected chi connectivity index (χ2v) is 3.70. The molecule has 0 radical (unpaired) electrons. The zero-order valence-electron chi connectivity index (χ0n) is 9.84. The third kappa shape index (κ3) is 2.92. The maximum absolute atomic E-state index is 10.7. The molecule has 5 nitrogen and oxygen atoms in total. The highest BCUT2D eigenvalue weighted by molar-refractivity contribution is 5.68. The van der Waals surface area contributed by atoms with E-state index in [4.69, 9.17) is 5.11 Å². The van der Waals surface area contributed by atoms with E-state index in [-0.39, 0.29) is 12.5 Å². The second kappa shape index (κ2) is 5.44. The monoisotopic (exact) mass is 223 g/mol. The maximum atomic E-state index is 10.7. The van der Waals surface area contributed by atoms with E-state index in [1.807, 2.05) is 25.7 Å². The summed E-state index contributed by atoms with van der Waals surface area (Å²) in [5.41, 5.74) is 0.821. The highest BCUT2D eigenvalue weighted by atomic mass is 16.4. The van der Waals surface area contributed by atoms with E-state index in [0.29, 0.717) is 6.54 Å². The standard InChI is InChI=1S/C11H17N3O2/c1-4-14(8(2)7-10(15)16)11-9(3)12-5-6-13-11/h5-6,8H,4,7H2,1-3H3,(H,15,16). The topological polar surface area (TPSA) is 66.3 Å². The van der Waals surface area contributed by atoms with Gasteiger partial charge in [-0.15, -0.1) is 0 Å². The van der Waals surface area contributed by atoms with Crippen molar-refractivity contribution in [3.63, 3.8) is 0 Å². The SMILES string of the molecule is CCN(c1nccnc1C)C(C)CC(=O)O. The molecule has 0 saturated heterocycles. The average molecular weight is 223 g/mol. The first kappa shape index (κ1) is 12.4. The maximum Gasteiger partial charge on any atom is 0.305 e. The van der Waals surface area contributed by atoms with Gasteiger partial charge in [-0.1, -0.05) is 0 Å². The summed E-state index contributed by atoms with van der Waals surface area (Å²) < 4.78 is 0. The third-order valence-electron chi connectivity index (χ3n) is 2.47. The lowest BCUT2D eigenvalue weighted by molar-refractivity contribution is -0.137. The fourth-order valence-corrected chi connectivity index (χ4v) is 1.72. The Morgan fingerprint density at radius 1 is 1.50 bits per heavy atom. The van der Waals surface area contributed by atoms with Crippen LogP contribution in [0.5, 0.6) is 0 Å². The molecule has 88 valence electrons. The Bertz CT molecular complexity index is 368. The van der Waals surface area contributed by atoms with Crippen LogP contribution in [0.15, 0.2) is 12.4 Å². The first-order valence-electron chi connectivity index (χ1n) is 5.32. The van der Waals surface area contributed by atoms with Gasteiger partial charge in [-0.2, -0.15) is 0 Å². The predicted octanol–water partition coefficient (Wildman–Crippen LogP) is 1.47. The van der Waals surface area contributed by atoms with E-state index in [0.717, 1.165) is 11.5 Å². The molecule has 0 bridgehead atoms. The highest BCUT2D eigenvalue weighted by Crippen LogP contribution is 2.17. The molecule has 1 heterocycles. The van der Waals surface area contributed by atoms with Gasteiger partial charge >= 0.3 is 5.97 Å². The number of anilines is 1. The van der Waals surface area contributed by atoms with Crippen LogP contribution in [-0.4, -0.2) is 33.6 Å². The smallest absolute Gasteiger partial charge is 0.305 e. The number of hydrogen-bond donors (Lipinski definition) is 1. The number of hydrogen-bond acceptors (Lipinski definition) is 4. The zero-order valence-corrected chi connectivity index (χ0v) is 9.84. The number of aromatic nitrogens is 2.